The Hall–Kier alpha value is -3.73. The summed E-state index contributed by atoms with van der Waals surface area (Å²) in [5.74, 6) is -0.246. The summed E-state index contributed by atoms with van der Waals surface area (Å²) in [6, 6.07) is 11.4. The smallest absolute Gasteiger partial charge is 0.340 e. The summed E-state index contributed by atoms with van der Waals surface area (Å²) in [7, 11) is 4.09. The molecule has 140 valence electrons. The number of carbonyl (C=O) groups is 2. The summed E-state index contributed by atoms with van der Waals surface area (Å²) < 4.78 is 20.5. The molecule has 0 fully saturated rings. The zero-order valence-electron chi connectivity index (χ0n) is 15.1. The number of hydrogen-bond acceptors (Lipinski definition) is 7. The molecule has 0 aliphatic heterocycles. The van der Waals surface area contributed by atoms with Crippen molar-refractivity contribution < 1.29 is 28.5 Å². The van der Waals surface area contributed by atoms with E-state index in [1.54, 1.807) is 24.3 Å². The molecule has 0 radical (unpaired) electrons. The summed E-state index contributed by atoms with van der Waals surface area (Å²) >= 11 is 0. The fraction of sp³-hybridized carbons (Fsp3) is 0.211. The Morgan fingerprint density at radius 1 is 1.04 bits per heavy atom. The maximum absolute atomic E-state index is 12.3. The molecule has 27 heavy (non-hydrogen) atoms. The van der Waals surface area contributed by atoms with Crippen LogP contribution in [-0.2, 0) is 9.53 Å². The van der Waals surface area contributed by atoms with Crippen LogP contribution in [0.15, 0.2) is 36.4 Å². The second kappa shape index (κ2) is 9.10. The van der Waals surface area contributed by atoms with Crippen molar-refractivity contribution in [3.63, 3.8) is 0 Å². The second-order valence-electron chi connectivity index (χ2n) is 5.19. The zero-order valence-corrected chi connectivity index (χ0v) is 15.1. The molecule has 0 saturated heterocycles. The highest BCUT2D eigenvalue weighted by Crippen LogP contribution is 2.33. The highest BCUT2D eigenvalue weighted by molar-refractivity contribution is 6.02. The van der Waals surface area contributed by atoms with E-state index in [2.05, 4.69) is 5.32 Å². The molecule has 0 saturated carbocycles. The minimum atomic E-state index is -0.651. The first kappa shape index (κ1) is 19.6. The Morgan fingerprint density at radius 2 is 1.70 bits per heavy atom. The van der Waals surface area contributed by atoms with Gasteiger partial charge in [-0.1, -0.05) is 12.1 Å². The van der Waals surface area contributed by atoms with Gasteiger partial charge < -0.3 is 24.3 Å². The van der Waals surface area contributed by atoms with Crippen molar-refractivity contribution in [1.82, 2.24) is 0 Å². The molecule has 8 nitrogen and oxygen atoms in total. The van der Waals surface area contributed by atoms with Crippen molar-refractivity contribution in [3.05, 3.63) is 47.5 Å². The highest BCUT2D eigenvalue weighted by Gasteiger charge is 2.19. The number of carbonyl (C=O) groups excluding carboxylic acids is 2. The van der Waals surface area contributed by atoms with E-state index >= 15 is 0 Å². The third kappa shape index (κ3) is 4.67. The zero-order chi connectivity index (χ0) is 19.8. The van der Waals surface area contributed by atoms with Gasteiger partial charge in [0, 0.05) is 12.1 Å². The van der Waals surface area contributed by atoms with Crippen LogP contribution in [0.25, 0.3) is 0 Å². The number of methoxy groups -OCH3 is 3. The SMILES string of the molecule is COC(=O)c1cc(OC)c(OC)cc1NC(=O)COc1ccccc1C#N. The summed E-state index contributed by atoms with van der Waals surface area (Å²) in [5.41, 5.74) is 0.592. The van der Waals surface area contributed by atoms with Gasteiger partial charge in [-0.25, -0.2) is 4.79 Å². The Labute approximate surface area is 156 Å². The first-order valence-electron chi connectivity index (χ1n) is 7.80. The maximum atomic E-state index is 12.3. The molecule has 0 unspecified atom stereocenters. The molecule has 8 heteroatoms. The lowest BCUT2D eigenvalue weighted by atomic mass is 10.1. The molecule has 0 atom stereocenters. The quantitative estimate of drug-likeness (QED) is 0.746. The third-order valence-corrected chi connectivity index (χ3v) is 3.57. The molecule has 0 bridgehead atoms. The molecule has 2 aromatic rings. The molecule has 0 aromatic heterocycles. The number of rotatable bonds is 7. The molecule has 2 aromatic carbocycles. The number of nitriles is 1. The van der Waals surface area contributed by atoms with Crippen molar-refractivity contribution in [2.45, 2.75) is 0 Å². The molecule has 0 heterocycles. The van der Waals surface area contributed by atoms with Gasteiger partial charge in [0.1, 0.15) is 11.8 Å². The van der Waals surface area contributed by atoms with E-state index in [0.717, 1.165) is 0 Å². The van der Waals surface area contributed by atoms with E-state index < -0.39 is 11.9 Å². The highest BCUT2D eigenvalue weighted by atomic mass is 16.5. The summed E-state index contributed by atoms with van der Waals surface area (Å²) in [5, 5.41) is 11.6. The standard InChI is InChI=1S/C19H18N2O6/c1-24-16-8-13(19(23)26-3)14(9-17(16)25-2)21-18(22)11-27-15-7-5-4-6-12(15)10-20/h4-9H,11H2,1-3H3,(H,21,22). The summed E-state index contributed by atoms with van der Waals surface area (Å²) in [6.07, 6.45) is 0. The molecule has 0 aliphatic rings. The number of nitrogens with zero attached hydrogens (tertiary/aromatic N) is 1. The van der Waals surface area contributed by atoms with Crippen LogP contribution in [0.1, 0.15) is 15.9 Å². The maximum Gasteiger partial charge on any atom is 0.340 e. The predicted octanol–water partition coefficient (Wildman–Crippen LogP) is 2.38. The minimum absolute atomic E-state index is 0.0981. The van der Waals surface area contributed by atoms with Crippen molar-refractivity contribution in [2.24, 2.45) is 0 Å². The lowest BCUT2D eigenvalue weighted by Gasteiger charge is -2.15. The normalized spacial score (nSPS) is 9.70. The van der Waals surface area contributed by atoms with Gasteiger partial charge in [0.2, 0.25) is 0 Å². The largest absolute Gasteiger partial charge is 0.493 e. The first-order chi connectivity index (χ1) is 13.0. The summed E-state index contributed by atoms with van der Waals surface area (Å²) in [4.78, 5) is 24.3. The number of nitrogens with one attached hydrogen (secondary N) is 1. The number of anilines is 1. The molecule has 0 aliphatic carbocycles. The summed E-state index contributed by atoms with van der Waals surface area (Å²) in [6.45, 7) is -0.354. The molecule has 0 spiro atoms. The van der Waals surface area contributed by atoms with Gasteiger partial charge in [0.15, 0.2) is 18.1 Å². The van der Waals surface area contributed by atoms with Gasteiger partial charge in [-0.3, -0.25) is 4.79 Å². The topological polar surface area (TPSA) is 107 Å². The number of benzene rings is 2. The van der Waals surface area contributed by atoms with Gasteiger partial charge >= 0.3 is 5.97 Å². The van der Waals surface area contributed by atoms with Crippen LogP contribution < -0.4 is 19.5 Å². The fourth-order valence-electron chi connectivity index (χ4n) is 2.28. The molecule has 2 rings (SSSR count). The van der Waals surface area contributed by atoms with Gasteiger partial charge in [-0.05, 0) is 12.1 Å². The van der Waals surface area contributed by atoms with E-state index in [1.807, 2.05) is 6.07 Å². The van der Waals surface area contributed by atoms with Crippen molar-refractivity contribution in [3.8, 4) is 23.3 Å². The lowest BCUT2D eigenvalue weighted by molar-refractivity contribution is -0.118. The number of ether oxygens (including phenoxy) is 4. The van der Waals surface area contributed by atoms with E-state index in [4.69, 9.17) is 24.2 Å². The average Bonchev–Trinajstić information content (AvgIpc) is 2.71. The molecular weight excluding hydrogens is 352 g/mol. The van der Waals surface area contributed by atoms with Crippen molar-refractivity contribution >= 4 is 17.6 Å². The Bertz CT molecular complexity index is 888. The first-order valence-corrected chi connectivity index (χ1v) is 7.80. The van der Waals surface area contributed by atoms with E-state index in [9.17, 15) is 9.59 Å². The van der Waals surface area contributed by atoms with E-state index in [-0.39, 0.29) is 23.6 Å². The van der Waals surface area contributed by atoms with Crippen LogP contribution in [0.2, 0.25) is 0 Å². The van der Waals surface area contributed by atoms with Crippen LogP contribution in [0.5, 0.6) is 17.2 Å². The second-order valence-corrected chi connectivity index (χ2v) is 5.19. The Kier molecular flexibility index (Phi) is 6.61. The molecule has 1 amide bonds. The predicted molar refractivity (Wildman–Crippen MR) is 96.2 cm³/mol. The van der Waals surface area contributed by atoms with Gasteiger partial charge in [0.25, 0.3) is 5.91 Å². The van der Waals surface area contributed by atoms with Crippen LogP contribution in [0, 0.1) is 11.3 Å². The number of hydrogen-bond donors (Lipinski definition) is 1. The average molecular weight is 370 g/mol. The van der Waals surface area contributed by atoms with Crippen molar-refractivity contribution in [2.75, 3.05) is 33.3 Å². The fourth-order valence-corrected chi connectivity index (χ4v) is 2.28. The monoisotopic (exact) mass is 370 g/mol. The molecular formula is C19H18N2O6. The third-order valence-electron chi connectivity index (χ3n) is 3.57. The van der Waals surface area contributed by atoms with Crippen LogP contribution in [0.4, 0.5) is 5.69 Å². The van der Waals surface area contributed by atoms with E-state index in [1.165, 1.54) is 33.5 Å². The van der Waals surface area contributed by atoms with Gasteiger partial charge in [0.05, 0.1) is 38.1 Å². The van der Waals surface area contributed by atoms with Gasteiger partial charge in [-0.15, -0.1) is 0 Å². The number of esters is 1. The van der Waals surface area contributed by atoms with Gasteiger partial charge in [-0.2, -0.15) is 5.26 Å². The number of amides is 1. The van der Waals surface area contributed by atoms with Crippen LogP contribution in [-0.4, -0.2) is 39.8 Å². The Balaban J connectivity index is 2.21. The molecule has 1 N–H and O–H groups in total. The minimum Gasteiger partial charge on any atom is -0.493 e. The van der Waals surface area contributed by atoms with Crippen molar-refractivity contribution in [1.29, 1.82) is 5.26 Å². The lowest BCUT2D eigenvalue weighted by Crippen LogP contribution is -2.22. The number of para-hydroxylation sites is 1. The van der Waals surface area contributed by atoms with E-state index in [0.29, 0.717) is 17.1 Å². The van der Waals surface area contributed by atoms with Crippen LogP contribution >= 0.6 is 0 Å². The Morgan fingerprint density at radius 3 is 2.33 bits per heavy atom. The van der Waals surface area contributed by atoms with Crippen LogP contribution in [0.3, 0.4) is 0 Å².